The fraction of sp³-hybridized carbons (Fsp3) is 0.400. The molecule has 2 aliphatic heterocycles. The van der Waals surface area contributed by atoms with E-state index in [0.717, 1.165) is 29.5 Å². The number of piperidine rings is 1. The third kappa shape index (κ3) is 4.61. The Balaban J connectivity index is 1.67. The lowest BCUT2D eigenvalue weighted by molar-refractivity contribution is -0.152. The van der Waals surface area contributed by atoms with Crippen LogP contribution >= 0.6 is 11.8 Å². The fourth-order valence-electron chi connectivity index (χ4n) is 3.46. The molecule has 9 heteroatoms. The van der Waals surface area contributed by atoms with Crippen LogP contribution in [0.3, 0.4) is 0 Å². The van der Waals surface area contributed by atoms with Crippen LogP contribution in [0.4, 0.5) is 4.79 Å². The Morgan fingerprint density at radius 1 is 1.28 bits per heavy atom. The minimum absolute atomic E-state index is 0.0738. The molecule has 2 heterocycles. The summed E-state index contributed by atoms with van der Waals surface area (Å²) in [5.41, 5.74) is 0.675. The first kappa shape index (κ1) is 20.9. The van der Waals surface area contributed by atoms with E-state index in [9.17, 15) is 24.3 Å². The Labute approximate surface area is 172 Å². The summed E-state index contributed by atoms with van der Waals surface area (Å²) in [6.45, 7) is 0.307. The van der Waals surface area contributed by atoms with Crippen molar-refractivity contribution in [2.45, 2.75) is 31.7 Å². The molecule has 1 N–H and O–H groups in total. The van der Waals surface area contributed by atoms with Gasteiger partial charge in [0.05, 0.1) is 12.0 Å². The monoisotopic (exact) mass is 418 g/mol. The summed E-state index contributed by atoms with van der Waals surface area (Å²) >= 11 is 0.812. The molecule has 29 heavy (non-hydrogen) atoms. The maximum atomic E-state index is 12.6. The minimum Gasteiger partial charge on any atom is -0.496 e. The Hall–Kier alpha value is -2.81. The van der Waals surface area contributed by atoms with Gasteiger partial charge in [-0.1, -0.05) is 18.2 Å². The van der Waals surface area contributed by atoms with Gasteiger partial charge in [-0.15, -0.1) is 0 Å². The number of likely N-dealkylation sites (tertiary alicyclic amines) is 1. The Kier molecular flexibility index (Phi) is 6.58. The number of amides is 3. The Bertz CT molecular complexity index is 868. The number of benzene rings is 1. The summed E-state index contributed by atoms with van der Waals surface area (Å²) in [7, 11) is 1.52. The molecule has 1 unspecified atom stereocenters. The normalized spacial score (nSPS) is 21.0. The van der Waals surface area contributed by atoms with Crippen molar-refractivity contribution in [1.82, 2.24) is 9.80 Å². The van der Waals surface area contributed by atoms with Gasteiger partial charge in [-0.25, -0.2) is 4.79 Å². The van der Waals surface area contributed by atoms with Crippen molar-refractivity contribution in [2.24, 2.45) is 0 Å². The second-order valence-corrected chi connectivity index (χ2v) is 7.76. The van der Waals surface area contributed by atoms with Crippen molar-refractivity contribution in [1.29, 1.82) is 0 Å². The van der Waals surface area contributed by atoms with E-state index < -0.39 is 23.2 Å². The zero-order valence-electron chi connectivity index (χ0n) is 16.0. The molecule has 154 valence electrons. The molecule has 0 spiro atoms. The zero-order valence-corrected chi connectivity index (χ0v) is 16.8. The highest BCUT2D eigenvalue weighted by Gasteiger charge is 2.37. The molecule has 2 aliphatic rings. The van der Waals surface area contributed by atoms with E-state index in [4.69, 9.17) is 4.74 Å². The summed E-state index contributed by atoms with van der Waals surface area (Å²) in [4.78, 5) is 51.4. The van der Waals surface area contributed by atoms with E-state index in [0.29, 0.717) is 24.3 Å². The van der Waals surface area contributed by atoms with Gasteiger partial charge in [-0.2, -0.15) is 0 Å². The highest BCUT2D eigenvalue weighted by molar-refractivity contribution is 8.18. The van der Waals surface area contributed by atoms with Crippen LogP contribution < -0.4 is 4.74 Å². The Morgan fingerprint density at radius 2 is 2.03 bits per heavy atom. The van der Waals surface area contributed by atoms with Crippen LogP contribution in [0.1, 0.15) is 31.2 Å². The number of aliphatic carboxylic acids is 1. The fourth-order valence-corrected chi connectivity index (χ4v) is 4.31. The summed E-state index contributed by atoms with van der Waals surface area (Å²) in [6.07, 6.45) is 3.43. The number of carboxylic acids is 1. The quantitative estimate of drug-likeness (QED) is 0.708. The third-order valence-electron chi connectivity index (χ3n) is 4.96. The molecule has 3 amide bonds. The van der Waals surface area contributed by atoms with Crippen molar-refractivity contribution >= 4 is 40.9 Å². The van der Waals surface area contributed by atoms with E-state index in [1.165, 1.54) is 12.0 Å². The van der Waals surface area contributed by atoms with Gasteiger partial charge in [0.1, 0.15) is 11.8 Å². The lowest BCUT2D eigenvalue weighted by atomic mass is 10.0. The van der Waals surface area contributed by atoms with Gasteiger partial charge < -0.3 is 14.7 Å². The third-order valence-corrected chi connectivity index (χ3v) is 5.86. The molecule has 2 saturated heterocycles. The first-order valence-corrected chi connectivity index (χ1v) is 10.1. The van der Waals surface area contributed by atoms with Crippen LogP contribution in [0.5, 0.6) is 5.75 Å². The van der Waals surface area contributed by atoms with E-state index in [2.05, 4.69) is 0 Å². The van der Waals surface area contributed by atoms with Crippen molar-refractivity contribution in [3.63, 3.8) is 0 Å². The standard InChI is InChI=1S/C20H22N2O6S/c1-28-15-8-3-2-6-13(15)12-16-18(24)22(20(27)29-16)11-9-17(23)21-10-5-4-7-14(21)19(25)26/h2-3,6,8,12,14H,4-5,7,9-11H2,1H3,(H,25,26)/b16-12-. The predicted octanol–water partition coefficient (Wildman–Crippen LogP) is 2.59. The average Bonchev–Trinajstić information content (AvgIpc) is 2.99. The molecule has 1 aromatic carbocycles. The summed E-state index contributed by atoms with van der Waals surface area (Å²) in [5.74, 6) is -1.26. The van der Waals surface area contributed by atoms with Gasteiger partial charge in [0, 0.05) is 25.1 Å². The van der Waals surface area contributed by atoms with Crippen molar-refractivity contribution in [3.8, 4) is 5.75 Å². The molecule has 8 nitrogen and oxygen atoms in total. The van der Waals surface area contributed by atoms with E-state index in [-0.39, 0.29) is 23.8 Å². The molecular formula is C20H22N2O6S. The number of ether oxygens (including phenoxy) is 1. The number of methoxy groups -OCH3 is 1. The largest absolute Gasteiger partial charge is 0.496 e. The molecule has 0 aliphatic carbocycles. The maximum Gasteiger partial charge on any atom is 0.326 e. The van der Waals surface area contributed by atoms with E-state index >= 15 is 0 Å². The van der Waals surface area contributed by atoms with Crippen LogP contribution in [0.25, 0.3) is 6.08 Å². The first-order chi connectivity index (χ1) is 13.9. The number of imide groups is 1. The second-order valence-electron chi connectivity index (χ2n) is 6.76. The van der Waals surface area contributed by atoms with E-state index in [1.54, 1.807) is 30.3 Å². The number of carbonyl (C=O) groups excluding carboxylic acids is 3. The lowest BCUT2D eigenvalue weighted by Gasteiger charge is -2.33. The van der Waals surface area contributed by atoms with Gasteiger partial charge in [-0.05, 0) is 43.2 Å². The minimum atomic E-state index is -1.02. The van der Waals surface area contributed by atoms with Crippen molar-refractivity contribution in [2.75, 3.05) is 20.2 Å². The predicted molar refractivity (Wildman–Crippen MR) is 107 cm³/mol. The van der Waals surface area contributed by atoms with Crippen LogP contribution in [0, 0.1) is 0 Å². The molecule has 1 aromatic rings. The molecule has 2 fully saturated rings. The number of carboxylic acid groups (broad SMARTS) is 1. The Morgan fingerprint density at radius 3 is 2.76 bits per heavy atom. The maximum absolute atomic E-state index is 12.6. The molecule has 0 aromatic heterocycles. The second kappa shape index (κ2) is 9.13. The van der Waals surface area contributed by atoms with Gasteiger partial charge in [-0.3, -0.25) is 19.3 Å². The van der Waals surface area contributed by atoms with Gasteiger partial charge >= 0.3 is 5.97 Å². The number of carbonyl (C=O) groups is 4. The number of hydrogen-bond donors (Lipinski definition) is 1. The molecule has 0 saturated carbocycles. The summed E-state index contributed by atoms with van der Waals surface area (Å²) in [5, 5.41) is 8.86. The van der Waals surface area contributed by atoms with Gasteiger partial charge in [0.15, 0.2) is 0 Å². The van der Waals surface area contributed by atoms with Crippen LogP contribution in [-0.2, 0) is 14.4 Å². The molecule has 0 bridgehead atoms. The van der Waals surface area contributed by atoms with Gasteiger partial charge in [0.25, 0.3) is 11.1 Å². The first-order valence-electron chi connectivity index (χ1n) is 9.33. The molecule has 0 radical (unpaired) electrons. The van der Waals surface area contributed by atoms with Gasteiger partial charge in [0.2, 0.25) is 5.91 Å². The number of thioether (sulfide) groups is 1. The highest BCUT2D eigenvalue weighted by Crippen LogP contribution is 2.34. The van der Waals surface area contributed by atoms with Crippen molar-refractivity contribution < 1.29 is 29.0 Å². The molecular weight excluding hydrogens is 396 g/mol. The molecule has 1 atom stereocenters. The van der Waals surface area contributed by atoms with Crippen LogP contribution in [-0.4, -0.2) is 64.2 Å². The number of rotatable bonds is 6. The lowest BCUT2D eigenvalue weighted by Crippen LogP contribution is -2.48. The average molecular weight is 418 g/mol. The van der Waals surface area contributed by atoms with E-state index in [1.807, 2.05) is 0 Å². The number of para-hydroxylation sites is 1. The van der Waals surface area contributed by atoms with Crippen molar-refractivity contribution in [3.05, 3.63) is 34.7 Å². The number of hydrogen-bond acceptors (Lipinski definition) is 6. The number of nitrogens with zero attached hydrogens (tertiary/aromatic N) is 2. The summed E-state index contributed by atoms with van der Waals surface area (Å²) < 4.78 is 5.26. The zero-order chi connectivity index (χ0) is 21.0. The highest BCUT2D eigenvalue weighted by atomic mass is 32.2. The topological polar surface area (TPSA) is 104 Å². The smallest absolute Gasteiger partial charge is 0.326 e. The SMILES string of the molecule is COc1ccccc1/C=C1\SC(=O)N(CCC(=O)N2CCCCC2C(=O)O)C1=O. The van der Waals surface area contributed by atoms with Crippen LogP contribution in [0.15, 0.2) is 29.2 Å². The van der Waals surface area contributed by atoms with Crippen LogP contribution in [0.2, 0.25) is 0 Å². The summed E-state index contributed by atoms with van der Waals surface area (Å²) in [6, 6.07) is 6.30. The molecule has 3 rings (SSSR count).